The van der Waals surface area contributed by atoms with Gasteiger partial charge in [0.05, 0.1) is 18.1 Å². The highest BCUT2D eigenvalue weighted by Crippen LogP contribution is 2.20. The number of amides is 1. The Hall–Kier alpha value is -1.56. The smallest absolute Gasteiger partial charge is 0.242 e. The lowest BCUT2D eigenvalue weighted by Crippen LogP contribution is -2.45. The van der Waals surface area contributed by atoms with Gasteiger partial charge in [-0.2, -0.15) is 0 Å². The zero-order valence-corrected chi connectivity index (χ0v) is 15.2. The molecule has 5 nitrogen and oxygen atoms in total. The largest absolute Gasteiger partial charge is 0.365 e. The van der Waals surface area contributed by atoms with Gasteiger partial charge >= 0.3 is 0 Å². The molecule has 1 aliphatic heterocycles. The van der Waals surface area contributed by atoms with E-state index in [1.807, 2.05) is 32.7 Å². The van der Waals surface area contributed by atoms with Crippen molar-refractivity contribution in [1.82, 2.24) is 4.90 Å². The number of sulfone groups is 1. The maximum atomic E-state index is 12.6. The molecule has 1 heterocycles. The Morgan fingerprint density at radius 2 is 1.83 bits per heavy atom. The number of anilines is 1. The van der Waals surface area contributed by atoms with Gasteiger partial charge in [-0.1, -0.05) is 6.07 Å². The van der Waals surface area contributed by atoms with Gasteiger partial charge in [0.15, 0.2) is 9.84 Å². The van der Waals surface area contributed by atoms with Gasteiger partial charge in [-0.25, -0.2) is 8.42 Å². The maximum absolute atomic E-state index is 12.6. The lowest BCUT2D eigenvalue weighted by atomic mass is 10.1. The fourth-order valence-electron chi connectivity index (χ4n) is 3.22. The molecule has 0 N–H and O–H groups in total. The van der Waals surface area contributed by atoms with Crippen LogP contribution in [0.5, 0.6) is 0 Å². The summed E-state index contributed by atoms with van der Waals surface area (Å²) in [5.41, 5.74) is 3.33. The molecule has 23 heavy (non-hydrogen) atoms. The number of carbonyl (C=O) groups is 1. The number of hydrogen-bond acceptors (Lipinski definition) is 4. The molecule has 1 aliphatic rings. The molecule has 0 bridgehead atoms. The van der Waals surface area contributed by atoms with Crippen LogP contribution in [0.15, 0.2) is 18.2 Å². The first-order chi connectivity index (χ1) is 10.7. The Morgan fingerprint density at radius 1 is 1.22 bits per heavy atom. The first kappa shape index (κ1) is 17.8. The molecule has 128 valence electrons. The van der Waals surface area contributed by atoms with Crippen LogP contribution in [0, 0.1) is 13.8 Å². The molecule has 0 aliphatic carbocycles. The monoisotopic (exact) mass is 338 g/mol. The van der Waals surface area contributed by atoms with Crippen molar-refractivity contribution >= 4 is 21.4 Å². The third kappa shape index (κ3) is 4.47. The van der Waals surface area contributed by atoms with E-state index in [1.165, 1.54) is 0 Å². The van der Waals surface area contributed by atoms with Gasteiger partial charge in [0.2, 0.25) is 5.91 Å². The Bertz CT molecular complexity index is 665. The molecule has 2 rings (SSSR count). The lowest BCUT2D eigenvalue weighted by Gasteiger charge is -2.29. The second kappa shape index (κ2) is 6.91. The van der Waals surface area contributed by atoms with Gasteiger partial charge < -0.3 is 9.80 Å². The van der Waals surface area contributed by atoms with Crippen molar-refractivity contribution in [2.75, 3.05) is 36.5 Å². The lowest BCUT2D eigenvalue weighted by molar-refractivity contribution is -0.131. The van der Waals surface area contributed by atoms with E-state index in [2.05, 4.69) is 18.2 Å². The summed E-state index contributed by atoms with van der Waals surface area (Å²) in [4.78, 5) is 16.3. The summed E-state index contributed by atoms with van der Waals surface area (Å²) in [6.07, 6.45) is 0.551. The number of nitrogens with zero attached hydrogens (tertiary/aromatic N) is 2. The minimum atomic E-state index is -2.98. The third-order valence-electron chi connectivity index (χ3n) is 4.33. The average molecular weight is 338 g/mol. The van der Waals surface area contributed by atoms with Crippen molar-refractivity contribution in [1.29, 1.82) is 0 Å². The van der Waals surface area contributed by atoms with E-state index in [4.69, 9.17) is 0 Å². The van der Waals surface area contributed by atoms with E-state index in [1.54, 1.807) is 4.90 Å². The fourth-order valence-corrected chi connectivity index (χ4v) is 4.95. The minimum absolute atomic E-state index is 0.0174. The highest BCUT2D eigenvalue weighted by atomic mass is 32.2. The van der Waals surface area contributed by atoms with E-state index >= 15 is 0 Å². The summed E-state index contributed by atoms with van der Waals surface area (Å²) in [6.45, 7) is 6.77. The zero-order valence-electron chi connectivity index (χ0n) is 14.4. The van der Waals surface area contributed by atoms with Gasteiger partial charge in [-0.05, 0) is 50.5 Å². The molecule has 1 atom stereocenters. The summed E-state index contributed by atoms with van der Waals surface area (Å²) in [5, 5.41) is 0. The van der Waals surface area contributed by atoms with Crippen molar-refractivity contribution < 1.29 is 13.2 Å². The molecule has 1 unspecified atom stereocenters. The van der Waals surface area contributed by atoms with E-state index < -0.39 is 9.84 Å². The molecule has 0 spiro atoms. The van der Waals surface area contributed by atoms with Crippen LogP contribution >= 0.6 is 0 Å². The highest BCUT2D eigenvalue weighted by Gasteiger charge is 2.34. The van der Waals surface area contributed by atoms with E-state index in [0.29, 0.717) is 13.0 Å². The Kier molecular flexibility index (Phi) is 5.34. The molecule has 0 radical (unpaired) electrons. The molecule has 1 aromatic carbocycles. The predicted octanol–water partition coefficient (Wildman–Crippen LogP) is 1.78. The Balaban J connectivity index is 2.07. The topological polar surface area (TPSA) is 57.7 Å². The molecular formula is C17H26N2O3S. The molecule has 1 saturated heterocycles. The molecule has 6 heteroatoms. The Labute approximate surface area is 139 Å². The minimum Gasteiger partial charge on any atom is -0.365 e. The highest BCUT2D eigenvalue weighted by molar-refractivity contribution is 7.91. The van der Waals surface area contributed by atoms with Crippen LogP contribution < -0.4 is 4.90 Å². The number of rotatable bonds is 5. The van der Waals surface area contributed by atoms with Gasteiger partial charge in [0, 0.05) is 25.3 Å². The second-order valence-corrected chi connectivity index (χ2v) is 8.67. The van der Waals surface area contributed by atoms with Gasteiger partial charge in [-0.15, -0.1) is 0 Å². The van der Waals surface area contributed by atoms with E-state index in [-0.39, 0.29) is 30.0 Å². The van der Waals surface area contributed by atoms with Crippen molar-refractivity contribution in [2.24, 2.45) is 0 Å². The van der Waals surface area contributed by atoms with Crippen LogP contribution in [0.3, 0.4) is 0 Å². The van der Waals surface area contributed by atoms with Crippen LogP contribution in [0.1, 0.15) is 24.5 Å². The van der Waals surface area contributed by atoms with Crippen LogP contribution in [-0.4, -0.2) is 56.9 Å². The van der Waals surface area contributed by atoms with Crippen molar-refractivity contribution in [2.45, 2.75) is 33.2 Å². The second-order valence-electron chi connectivity index (χ2n) is 6.44. The summed E-state index contributed by atoms with van der Waals surface area (Å²) < 4.78 is 23.3. The van der Waals surface area contributed by atoms with E-state index in [9.17, 15) is 13.2 Å². The van der Waals surface area contributed by atoms with Gasteiger partial charge in [0.25, 0.3) is 0 Å². The molecule has 1 amide bonds. The first-order valence-corrected chi connectivity index (χ1v) is 9.83. The Morgan fingerprint density at radius 3 is 2.30 bits per heavy atom. The third-order valence-corrected chi connectivity index (χ3v) is 6.08. The summed E-state index contributed by atoms with van der Waals surface area (Å²) in [6, 6.07) is 6.03. The van der Waals surface area contributed by atoms with Crippen LogP contribution in [0.25, 0.3) is 0 Å². The summed E-state index contributed by atoms with van der Waals surface area (Å²) in [5.74, 6) is 0.269. The average Bonchev–Trinajstić information content (AvgIpc) is 2.78. The van der Waals surface area contributed by atoms with Gasteiger partial charge in [0.1, 0.15) is 0 Å². The van der Waals surface area contributed by atoms with Crippen molar-refractivity contribution in [3.63, 3.8) is 0 Å². The van der Waals surface area contributed by atoms with Crippen LogP contribution in [0.4, 0.5) is 5.69 Å². The maximum Gasteiger partial charge on any atom is 0.242 e. The summed E-state index contributed by atoms with van der Waals surface area (Å²) in [7, 11) is -1.09. The number of benzene rings is 1. The molecule has 1 fully saturated rings. The van der Waals surface area contributed by atoms with Crippen LogP contribution in [0.2, 0.25) is 0 Å². The molecule has 0 aromatic heterocycles. The van der Waals surface area contributed by atoms with Crippen molar-refractivity contribution in [3.05, 3.63) is 29.3 Å². The fraction of sp³-hybridized carbons (Fsp3) is 0.588. The standard InChI is InChI=1S/C17H26N2O3S/c1-5-19(15-6-7-23(21,22)12-15)17(20)11-18(4)16-9-13(2)8-14(3)10-16/h8-10,15H,5-7,11-12H2,1-4H3. The summed E-state index contributed by atoms with van der Waals surface area (Å²) >= 11 is 0. The SMILES string of the molecule is CCN(C(=O)CN(C)c1cc(C)cc(C)c1)C1CCS(=O)(=O)C1. The van der Waals surface area contributed by atoms with E-state index in [0.717, 1.165) is 16.8 Å². The number of hydrogen-bond donors (Lipinski definition) is 0. The normalized spacial score (nSPS) is 19.6. The van der Waals surface area contributed by atoms with Gasteiger partial charge in [-0.3, -0.25) is 4.79 Å². The quantitative estimate of drug-likeness (QED) is 0.821. The number of carbonyl (C=O) groups excluding carboxylic acids is 1. The molecule has 0 saturated carbocycles. The number of likely N-dealkylation sites (N-methyl/N-ethyl adjacent to an activating group) is 2. The van der Waals surface area contributed by atoms with Crippen molar-refractivity contribution in [3.8, 4) is 0 Å². The number of aryl methyl sites for hydroxylation is 2. The predicted molar refractivity (Wildman–Crippen MR) is 93.6 cm³/mol. The zero-order chi connectivity index (χ0) is 17.2. The molecular weight excluding hydrogens is 312 g/mol. The first-order valence-electron chi connectivity index (χ1n) is 8.01. The van der Waals surface area contributed by atoms with Crippen LogP contribution in [-0.2, 0) is 14.6 Å². The molecule has 1 aromatic rings.